The molecule has 2 aromatic rings. The summed E-state index contributed by atoms with van der Waals surface area (Å²) in [6, 6.07) is 7.60. The number of oxazole rings is 1. The van der Waals surface area contributed by atoms with Gasteiger partial charge in [0.15, 0.2) is 0 Å². The van der Waals surface area contributed by atoms with Gasteiger partial charge in [0.1, 0.15) is 11.5 Å². The Labute approximate surface area is 137 Å². The lowest BCUT2D eigenvalue weighted by Crippen LogP contribution is -2.27. The van der Waals surface area contributed by atoms with Crippen molar-refractivity contribution < 1.29 is 14.3 Å². The molecule has 23 heavy (non-hydrogen) atoms. The van der Waals surface area contributed by atoms with Crippen LogP contribution in [0.1, 0.15) is 44.0 Å². The van der Waals surface area contributed by atoms with Crippen molar-refractivity contribution in [3.05, 3.63) is 47.7 Å². The summed E-state index contributed by atoms with van der Waals surface area (Å²) in [5.74, 6) is 2.32. The molecule has 1 N–H and O–H groups in total. The second-order valence-electron chi connectivity index (χ2n) is 6.75. The van der Waals surface area contributed by atoms with Gasteiger partial charge in [-0.25, -0.2) is 4.98 Å². The summed E-state index contributed by atoms with van der Waals surface area (Å²) in [6.45, 7) is 6.83. The van der Waals surface area contributed by atoms with Crippen molar-refractivity contribution in [2.75, 3.05) is 20.8 Å². The average molecular weight is 318 g/mol. The normalized spacial score (nSPS) is 13.3. The summed E-state index contributed by atoms with van der Waals surface area (Å²) in [5.41, 5.74) is 0.967. The third kappa shape index (κ3) is 4.33. The zero-order valence-electron chi connectivity index (χ0n) is 14.5. The highest BCUT2D eigenvalue weighted by atomic mass is 16.5. The Bertz CT molecular complexity index is 614. The third-order valence-electron chi connectivity index (χ3n) is 3.88. The molecule has 0 aliphatic rings. The summed E-state index contributed by atoms with van der Waals surface area (Å²) in [5, 5.41) is 9.76. The van der Waals surface area contributed by atoms with E-state index in [1.54, 1.807) is 13.3 Å². The summed E-state index contributed by atoms with van der Waals surface area (Å²) >= 11 is 0. The molecule has 0 unspecified atom stereocenters. The number of hydrogen-bond donors (Lipinski definition) is 1. The standard InChI is InChI=1S/C18H26N2O3/c1-18(2,3)16-10-19-17(23-16)11-20(4)15(12-21)13-6-8-14(22-5)9-7-13/h6-10,15,21H,11-12H2,1-5H3/t15-/m0/s1. The molecule has 0 aliphatic carbocycles. The quantitative estimate of drug-likeness (QED) is 0.886. The van der Waals surface area contributed by atoms with Crippen molar-refractivity contribution in [2.45, 2.75) is 38.8 Å². The lowest BCUT2D eigenvalue weighted by Gasteiger charge is -2.25. The van der Waals surface area contributed by atoms with Crippen molar-refractivity contribution in [1.29, 1.82) is 0 Å². The minimum atomic E-state index is -0.120. The highest BCUT2D eigenvalue weighted by molar-refractivity contribution is 5.29. The molecule has 1 atom stereocenters. The largest absolute Gasteiger partial charge is 0.497 e. The van der Waals surface area contributed by atoms with Crippen LogP contribution in [0, 0.1) is 0 Å². The predicted octanol–water partition coefficient (Wildman–Crippen LogP) is 3.15. The zero-order valence-corrected chi connectivity index (χ0v) is 14.5. The Balaban J connectivity index is 2.10. The number of benzene rings is 1. The first-order valence-corrected chi connectivity index (χ1v) is 7.75. The van der Waals surface area contributed by atoms with Crippen molar-refractivity contribution in [3.8, 4) is 5.75 Å². The van der Waals surface area contributed by atoms with Gasteiger partial charge < -0.3 is 14.3 Å². The number of likely N-dealkylation sites (N-methyl/N-ethyl adjacent to an activating group) is 1. The fraction of sp³-hybridized carbons (Fsp3) is 0.500. The van der Waals surface area contributed by atoms with Gasteiger partial charge >= 0.3 is 0 Å². The second-order valence-corrected chi connectivity index (χ2v) is 6.75. The predicted molar refractivity (Wildman–Crippen MR) is 89.5 cm³/mol. The van der Waals surface area contributed by atoms with E-state index in [2.05, 4.69) is 25.8 Å². The van der Waals surface area contributed by atoms with Gasteiger partial charge in [0.05, 0.1) is 32.5 Å². The number of aromatic nitrogens is 1. The molecule has 1 heterocycles. The van der Waals surface area contributed by atoms with E-state index in [9.17, 15) is 5.11 Å². The van der Waals surface area contributed by atoms with Crippen LogP contribution in [-0.2, 0) is 12.0 Å². The van der Waals surface area contributed by atoms with Gasteiger partial charge in [-0.2, -0.15) is 0 Å². The third-order valence-corrected chi connectivity index (χ3v) is 3.88. The number of nitrogens with zero attached hydrogens (tertiary/aromatic N) is 2. The van der Waals surface area contributed by atoms with Crippen LogP contribution < -0.4 is 4.74 Å². The van der Waals surface area contributed by atoms with Gasteiger partial charge in [-0.1, -0.05) is 32.9 Å². The number of methoxy groups -OCH3 is 1. The van der Waals surface area contributed by atoms with Crippen molar-refractivity contribution in [2.24, 2.45) is 0 Å². The SMILES string of the molecule is COc1ccc([C@H](CO)N(C)Cc2ncc(C(C)(C)C)o2)cc1. The van der Waals surface area contributed by atoms with Crippen LogP contribution in [0.15, 0.2) is 34.9 Å². The molecule has 1 aromatic carbocycles. The summed E-state index contributed by atoms with van der Waals surface area (Å²) in [7, 11) is 3.59. The lowest BCUT2D eigenvalue weighted by atomic mass is 9.94. The van der Waals surface area contributed by atoms with Crippen LogP contribution in [0.3, 0.4) is 0 Å². The molecule has 5 nitrogen and oxygen atoms in total. The molecule has 0 saturated carbocycles. The fourth-order valence-electron chi connectivity index (χ4n) is 2.38. The maximum atomic E-state index is 9.76. The van der Waals surface area contributed by atoms with Gasteiger partial charge in [0.25, 0.3) is 0 Å². The smallest absolute Gasteiger partial charge is 0.208 e. The Morgan fingerprint density at radius 2 is 1.91 bits per heavy atom. The van der Waals surface area contributed by atoms with E-state index in [1.807, 2.05) is 36.2 Å². The number of aliphatic hydroxyl groups is 1. The van der Waals surface area contributed by atoms with Gasteiger partial charge in [0.2, 0.25) is 5.89 Å². The first-order chi connectivity index (χ1) is 10.8. The molecule has 0 saturated heterocycles. The molecule has 0 amide bonds. The van der Waals surface area contributed by atoms with Crippen molar-refractivity contribution in [3.63, 3.8) is 0 Å². The van der Waals surface area contributed by atoms with E-state index in [0.29, 0.717) is 12.4 Å². The summed E-state index contributed by atoms with van der Waals surface area (Å²) < 4.78 is 11.0. The molecular weight excluding hydrogens is 292 g/mol. The average Bonchev–Trinajstić information content (AvgIpc) is 2.97. The van der Waals surface area contributed by atoms with E-state index < -0.39 is 0 Å². The van der Waals surface area contributed by atoms with Crippen molar-refractivity contribution >= 4 is 0 Å². The molecule has 0 aliphatic heterocycles. The number of ether oxygens (including phenoxy) is 1. The number of hydrogen-bond acceptors (Lipinski definition) is 5. The molecular formula is C18H26N2O3. The van der Waals surface area contributed by atoms with E-state index in [4.69, 9.17) is 9.15 Å². The van der Waals surface area contributed by atoms with Crippen molar-refractivity contribution in [1.82, 2.24) is 9.88 Å². The molecule has 5 heteroatoms. The molecule has 0 fully saturated rings. The lowest BCUT2D eigenvalue weighted by molar-refractivity contribution is 0.132. The molecule has 1 aromatic heterocycles. The van der Waals surface area contributed by atoms with Crippen LogP contribution in [0.5, 0.6) is 5.75 Å². The van der Waals surface area contributed by atoms with Crippen LogP contribution in [0.4, 0.5) is 0 Å². The molecule has 0 bridgehead atoms. The van der Waals surface area contributed by atoms with E-state index in [1.165, 1.54) is 0 Å². The highest BCUT2D eigenvalue weighted by Gasteiger charge is 2.22. The van der Waals surface area contributed by atoms with E-state index in [0.717, 1.165) is 17.1 Å². The van der Waals surface area contributed by atoms with E-state index in [-0.39, 0.29) is 18.1 Å². The van der Waals surface area contributed by atoms with Gasteiger partial charge in [-0.15, -0.1) is 0 Å². The second kappa shape index (κ2) is 7.15. The summed E-state index contributed by atoms with van der Waals surface area (Å²) in [4.78, 5) is 6.38. The highest BCUT2D eigenvalue weighted by Crippen LogP contribution is 2.26. The molecule has 0 radical (unpaired) electrons. The summed E-state index contributed by atoms with van der Waals surface area (Å²) in [6.07, 6.45) is 1.78. The van der Waals surface area contributed by atoms with Crippen LogP contribution in [-0.4, -0.2) is 35.8 Å². The topological polar surface area (TPSA) is 58.7 Å². The maximum Gasteiger partial charge on any atom is 0.208 e. The Morgan fingerprint density at radius 1 is 1.26 bits per heavy atom. The minimum Gasteiger partial charge on any atom is -0.497 e. The Morgan fingerprint density at radius 3 is 2.39 bits per heavy atom. The van der Waals surface area contributed by atoms with Gasteiger partial charge in [-0.3, -0.25) is 4.90 Å². The van der Waals surface area contributed by atoms with E-state index >= 15 is 0 Å². The number of rotatable bonds is 6. The fourth-order valence-corrected chi connectivity index (χ4v) is 2.38. The van der Waals surface area contributed by atoms with Crippen LogP contribution in [0.2, 0.25) is 0 Å². The van der Waals surface area contributed by atoms with Gasteiger partial charge in [-0.05, 0) is 24.7 Å². The molecule has 0 spiro atoms. The maximum absolute atomic E-state index is 9.76. The first-order valence-electron chi connectivity index (χ1n) is 7.75. The van der Waals surface area contributed by atoms with Crippen LogP contribution in [0.25, 0.3) is 0 Å². The molecule has 126 valence electrons. The minimum absolute atomic E-state index is 0.0235. The Kier molecular flexibility index (Phi) is 5.44. The zero-order chi connectivity index (χ0) is 17.0. The number of aliphatic hydroxyl groups excluding tert-OH is 1. The monoisotopic (exact) mass is 318 g/mol. The first kappa shape index (κ1) is 17.5. The molecule has 2 rings (SSSR count). The van der Waals surface area contributed by atoms with Crippen LogP contribution >= 0.6 is 0 Å². The van der Waals surface area contributed by atoms with Gasteiger partial charge in [0, 0.05) is 5.41 Å². The Hall–Kier alpha value is -1.85.